The summed E-state index contributed by atoms with van der Waals surface area (Å²) in [6, 6.07) is 21.9. The van der Waals surface area contributed by atoms with Crippen LogP contribution in [-0.4, -0.2) is 55.2 Å². The van der Waals surface area contributed by atoms with Gasteiger partial charge in [-0.25, -0.2) is 5.01 Å². The summed E-state index contributed by atoms with van der Waals surface area (Å²) in [5.41, 5.74) is 3.19. The van der Waals surface area contributed by atoms with E-state index in [2.05, 4.69) is 45.7 Å². The molecule has 2 unspecified atom stereocenters. The molecule has 3 aromatic carbocycles. The van der Waals surface area contributed by atoms with Crippen LogP contribution in [0.1, 0.15) is 42.6 Å². The number of nitrogens with zero attached hydrogens (tertiary/aromatic N) is 3. The van der Waals surface area contributed by atoms with Crippen LogP contribution in [0.2, 0.25) is 10.0 Å². The van der Waals surface area contributed by atoms with Crippen molar-refractivity contribution < 1.29 is 9.47 Å². The second-order valence-corrected chi connectivity index (χ2v) is 9.89. The normalized spacial score (nSPS) is 20.1. The Labute approximate surface area is 228 Å². The molecule has 8 heteroatoms. The third-order valence-corrected chi connectivity index (χ3v) is 7.17. The molecule has 0 aliphatic carbocycles. The molecule has 0 radical (unpaired) electrons. The summed E-state index contributed by atoms with van der Waals surface area (Å²) in [5.74, 6) is 2.43. The van der Waals surface area contributed by atoms with E-state index in [4.69, 9.17) is 37.7 Å². The fourth-order valence-corrected chi connectivity index (χ4v) is 5.27. The largest absolute Gasteiger partial charge is 0.494 e. The van der Waals surface area contributed by atoms with Gasteiger partial charge in [0.2, 0.25) is 0 Å². The smallest absolute Gasteiger partial charge is 0.150 e. The number of hydrazine groups is 1. The molecule has 1 N–H and O–H groups in total. The number of amidine groups is 1. The molecule has 6 nitrogen and oxygen atoms in total. The fraction of sp³-hybridized carbons (Fsp3) is 0.345. The summed E-state index contributed by atoms with van der Waals surface area (Å²) >= 11 is 12.5. The van der Waals surface area contributed by atoms with Crippen molar-refractivity contribution in [3.8, 4) is 11.5 Å². The van der Waals surface area contributed by atoms with E-state index in [1.807, 2.05) is 50.2 Å². The molecule has 2 aliphatic rings. The molecule has 0 amide bonds. The Hall–Kier alpha value is -2.77. The van der Waals surface area contributed by atoms with Gasteiger partial charge in [-0.3, -0.25) is 10.0 Å². The van der Waals surface area contributed by atoms with Gasteiger partial charge in [-0.2, -0.15) is 0 Å². The number of benzene rings is 3. The van der Waals surface area contributed by atoms with Crippen molar-refractivity contribution in [2.24, 2.45) is 4.99 Å². The van der Waals surface area contributed by atoms with E-state index >= 15 is 0 Å². The lowest BCUT2D eigenvalue weighted by atomic mass is 9.94. The number of nitrogens with one attached hydrogen (secondary N) is 1. The van der Waals surface area contributed by atoms with E-state index in [1.54, 1.807) is 0 Å². The molecule has 1 saturated heterocycles. The van der Waals surface area contributed by atoms with Gasteiger partial charge >= 0.3 is 0 Å². The van der Waals surface area contributed by atoms with E-state index < -0.39 is 0 Å². The van der Waals surface area contributed by atoms with Crippen LogP contribution in [0.15, 0.2) is 71.7 Å². The van der Waals surface area contributed by atoms with Crippen molar-refractivity contribution >= 4 is 29.0 Å². The van der Waals surface area contributed by atoms with Crippen molar-refractivity contribution in [3.05, 3.63) is 93.5 Å². The zero-order valence-corrected chi connectivity index (χ0v) is 22.7. The first-order chi connectivity index (χ1) is 18.1. The molecular weight excluding hydrogens is 507 g/mol. The van der Waals surface area contributed by atoms with Crippen LogP contribution in [0.5, 0.6) is 11.5 Å². The number of aliphatic imine (C=N–C) groups is 1. The third kappa shape index (κ3) is 5.58. The molecule has 2 atom stereocenters. The monoisotopic (exact) mass is 538 g/mol. The van der Waals surface area contributed by atoms with E-state index in [1.165, 1.54) is 0 Å². The van der Waals surface area contributed by atoms with Crippen molar-refractivity contribution in [2.45, 2.75) is 25.9 Å². The van der Waals surface area contributed by atoms with Gasteiger partial charge in [-0.1, -0.05) is 47.5 Å². The zero-order valence-electron chi connectivity index (χ0n) is 21.2. The van der Waals surface area contributed by atoms with Gasteiger partial charge < -0.3 is 14.8 Å². The molecular formula is C29H32Cl2N4O2. The molecule has 1 fully saturated rings. The highest BCUT2D eigenvalue weighted by Crippen LogP contribution is 2.46. The minimum absolute atomic E-state index is 0.0624. The predicted molar refractivity (Wildman–Crippen MR) is 150 cm³/mol. The van der Waals surface area contributed by atoms with E-state index in [0.717, 1.165) is 60.2 Å². The Bertz CT molecular complexity index is 1230. The van der Waals surface area contributed by atoms with Gasteiger partial charge in [0.1, 0.15) is 17.5 Å². The highest BCUT2D eigenvalue weighted by molar-refractivity contribution is 6.30. The second-order valence-electron chi connectivity index (χ2n) is 9.02. The third-order valence-electron chi connectivity index (χ3n) is 6.67. The number of piperazine rings is 1. The minimum atomic E-state index is -0.149. The van der Waals surface area contributed by atoms with Crippen molar-refractivity contribution in [2.75, 3.05) is 39.4 Å². The first-order valence-corrected chi connectivity index (χ1v) is 13.6. The van der Waals surface area contributed by atoms with Crippen LogP contribution in [-0.2, 0) is 0 Å². The summed E-state index contributed by atoms with van der Waals surface area (Å²) in [5, 5.41) is 9.66. The van der Waals surface area contributed by atoms with E-state index in [9.17, 15) is 0 Å². The first kappa shape index (κ1) is 25.9. The van der Waals surface area contributed by atoms with Crippen molar-refractivity contribution in [1.29, 1.82) is 0 Å². The average Bonchev–Trinajstić information content (AvgIpc) is 3.31. The van der Waals surface area contributed by atoms with E-state index in [-0.39, 0.29) is 12.1 Å². The maximum Gasteiger partial charge on any atom is 0.150 e. The Balaban J connectivity index is 1.68. The van der Waals surface area contributed by atoms with Crippen LogP contribution in [0.4, 0.5) is 0 Å². The summed E-state index contributed by atoms with van der Waals surface area (Å²) < 4.78 is 11.9. The quantitative estimate of drug-likeness (QED) is 0.372. The molecule has 194 valence electrons. The van der Waals surface area contributed by atoms with E-state index in [0.29, 0.717) is 23.3 Å². The lowest BCUT2D eigenvalue weighted by Crippen LogP contribution is -2.54. The molecule has 2 aliphatic heterocycles. The highest BCUT2D eigenvalue weighted by atomic mass is 35.5. The Morgan fingerprint density at radius 2 is 1.46 bits per heavy atom. The second kappa shape index (κ2) is 11.7. The SMILES string of the molecule is CCOc1ccc(C2=NC(c3ccc(Cl)cc3)C(c3ccc(Cl)cc3)N2N2CCNCC2)c(OCC)c1. The topological polar surface area (TPSA) is 49.3 Å². The lowest BCUT2D eigenvalue weighted by molar-refractivity contribution is 0.000339. The van der Waals surface area contributed by atoms with Crippen molar-refractivity contribution in [1.82, 2.24) is 15.3 Å². The number of halogens is 2. The Morgan fingerprint density at radius 1 is 0.838 bits per heavy atom. The Kier molecular flexibility index (Phi) is 8.20. The fourth-order valence-electron chi connectivity index (χ4n) is 5.02. The van der Waals surface area contributed by atoms with Crippen LogP contribution in [0.25, 0.3) is 0 Å². The standard InChI is InChI=1S/C29H32Cl2N4O2/c1-3-36-24-13-14-25(26(19-24)37-4-2)29-33-27(20-5-9-22(30)10-6-20)28(21-7-11-23(31)12-8-21)35(29)34-17-15-32-16-18-34/h5-14,19,27-28,32H,3-4,15-18H2,1-2H3. The maximum absolute atomic E-state index is 6.29. The number of hydrogen-bond donors (Lipinski definition) is 1. The molecule has 0 bridgehead atoms. The molecule has 0 aromatic heterocycles. The summed E-state index contributed by atoms with van der Waals surface area (Å²) in [6.07, 6.45) is 0. The summed E-state index contributed by atoms with van der Waals surface area (Å²) in [7, 11) is 0. The van der Waals surface area contributed by atoms with Crippen LogP contribution in [0, 0.1) is 0 Å². The summed E-state index contributed by atoms with van der Waals surface area (Å²) in [4.78, 5) is 5.40. The molecule has 2 heterocycles. The van der Waals surface area contributed by atoms with Gasteiger partial charge in [0.15, 0.2) is 5.84 Å². The molecule has 0 spiro atoms. The van der Waals surface area contributed by atoms with Gasteiger partial charge in [-0.05, 0) is 61.4 Å². The van der Waals surface area contributed by atoms with Gasteiger partial charge in [0.05, 0.1) is 24.8 Å². The number of ether oxygens (including phenoxy) is 2. The minimum Gasteiger partial charge on any atom is -0.494 e. The van der Waals surface area contributed by atoms with Crippen LogP contribution >= 0.6 is 23.2 Å². The molecule has 0 saturated carbocycles. The lowest BCUT2D eigenvalue weighted by Gasteiger charge is -2.42. The molecule has 37 heavy (non-hydrogen) atoms. The maximum atomic E-state index is 6.29. The number of hydrogen-bond acceptors (Lipinski definition) is 6. The summed E-state index contributed by atoms with van der Waals surface area (Å²) in [6.45, 7) is 8.67. The van der Waals surface area contributed by atoms with Crippen LogP contribution in [0.3, 0.4) is 0 Å². The van der Waals surface area contributed by atoms with Crippen LogP contribution < -0.4 is 14.8 Å². The van der Waals surface area contributed by atoms with Crippen molar-refractivity contribution in [3.63, 3.8) is 0 Å². The van der Waals surface area contributed by atoms with Gasteiger partial charge in [0, 0.05) is 42.3 Å². The predicted octanol–water partition coefficient (Wildman–Crippen LogP) is 6.16. The average molecular weight is 540 g/mol. The molecule has 3 aromatic rings. The molecule has 5 rings (SSSR count). The number of rotatable bonds is 8. The van der Waals surface area contributed by atoms with Gasteiger partial charge in [-0.15, -0.1) is 0 Å². The Morgan fingerprint density at radius 3 is 2.08 bits per heavy atom. The highest BCUT2D eigenvalue weighted by Gasteiger charge is 2.43. The zero-order chi connectivity index (χ0) is 25.8. The first-order valence-electron chi connectivity index (χ1n) is 12.8. The van der Waals surface area contributed by atoms with Gasteiger partial charge in [0.25, 0.3) is 0 Å².